The van der Waals surface area contributed by atoms with Gasteiger partial charge in [-0.3, -0.25) is 9.36 Å². The summed E-state index contributed by atoms with van der Waals surface area (Å²) in [7, 11) is -1.34. The quantitative estimate of drug-likeness (QED) is 0.756. The number of aromatic nitrogens is 2. The van der Waals surface area contributed by atoms with Crippen LogP contribution in [0.4, 0.5) is 0 Å². The molecule has 0 bridgehead atoms. The lowest BCUT2D eigenvalue weighted by molar-refractivity contribution is 0.339. The lowest BCUT2D eigenvalue weighted by Gasteiger charge is -2.24. The molecule has 2 aromatic rings. The lowest BCUT2D eigenvalue weighted by Crippen LogP contribution is -2.42. The molecule has 1 aromatic heterocycles. The minimum absolute atomic E-state index is 0.326. The number of hydrogen-bond donors (Lipinski definition) is 0. The molecule has 1 fully saturated rings. The number of nitrogens with zero attached hydrogens (tertiary/aromatic N) is 3. The fourth-order valence-electron chi connectivity index (χ4n) is 3.39. The third-order valence-electron chi connectivity index (χ3n) is 4.78. The van der Waals surface area contributed by atoms with Gasteiger partial charge in [0.1, 0.15) is 5.75 Å². The second kappa shape index (κ2) is 7.32. The van der Waals surface area contributed by atoms with E-state index < -0.39 is 21.3 Å². The first-order valence-corrected chi connectivity index (χ1v) is 10.2. The van der Waals surface area contributed by atoms with Crippen LogP contribution in [0, 0.1) is 0 Å². The van der Waals surface area contributed by atoms with Gasteiger partial charge in [-0.05, 0) is 37.5 Å². The van der Waals surface area contributed by atoms with Gasteiger partial charge in [-0.25, -0.2) is 13.2 Å². The molecule has 0 radical (unpaired) electrons. The standard InChI is InChI=1S/C18H23N3O5S/c1-4-26-14-9-7-13(8-10-14)15-6-5-11-21(15)27(24,25)16-12-19(2)18(23)20(3)17(16)22/h7-10,12,15H,4-6,11H2,1-3H3. The summed E-state index contributed by atoms with van der Waals surface area (Å²) in [4.78, 5) is 23.9. The van der Waals surface area contributed by atoms with Crippen molar-refractivity contribution < 1.29 is 13.2 Å². The van der Waals surface area contributed by atoms with Gasteiger partial charge in [-0.15, -0.1) is 0 Å². The number of benzene rings is 1. The molecule has 0 saturated carbocycles. The van der Waals surface area contributed by atoms with Crippen molar-refractivity contribution in [2.45, 2.75) is 30.7 Å². The molecule has 8 nitrogen and oxygen atoms in total. The van der Waals surface area contributed by atoms with Crippen molar-refractivity contribution in [1.82, 2.24) is 13.4 Å². The summed E-state index contributed by atoms with van der Waals surface area (Å²) in [6.45, 7) is 2.78. The van der Waals surface area contributed by atoms with E-state index >= 15 is 0 Å². The maximum absolute atomic E-state index is 13.2. The van der Waals surface area contributed by atoms with Crippen molar-refractivity contribution >= 4 is 10.0 Å². The average molecular weight is 393 g/mol. The Bertz CT molecular complexity index is 1050. The number of ether oxygens (including phenoxy) is 1. The van der Waals surface area contributed by atoms with Crippen LogP contribution in [-0.2, 0) is 24.1 Å². The van der Waals surface area contributed by atoms with E-state index in [9.17, 15) is 18.0 Å². The summed E-state index contributed by atoms with van der Waals surface area (Å²) in [5.74, 6) is 0.723. The molecule has 3 rings (SSSR count). The van der Waals surface area contributed by atoms with Gasteiger partial charge in [-0.1, -0.05) is 12.1 Å². The Kier molecular flexibility index (Phi) is 5.25. The van der Waals surface area contributed by atoms with Crippen LogP contribution in [0.1, 0.15) is 31.4 Å². The van der Waals surface area contributed by atoms with Gasteiger partial charge in [0.2, 0.25) is 0 Å². The highest BCUT2D eigenvalue weighted by Crippen LogP contribution is 2.36. The smallest absolute Gasteiger partial charge is 0.330 e. The zero-order valence-electron chi connectivity index (χ0n) is 15.6. The van der Waals surface area contributed by atoms with Crippen molar-refractivity contribution in [1.29, 1.82) is 0 Å². The van der Waals surface area contributed by atoms with Gasteiger partial charge in [-0.2, -0.15) is 4.31 Å². The Balaban J connectivity index is 2.01. The van der Waals surface area contributed by atoms with E-state index in [2.05, 4.69) is 0 Å². The summed E-state index contributed by atoms with van der Waals surface area (Å²) < 4.78 is 35.1. The molecule has 1 unspecified atom stereocenters. The van der Waals surface area contributed by atoms with Gasteiger partial charge in [0.15, 0.2) is 4.90 Å². The zero-order valence-corrected chi connectivity index (χ0v) is 16.4. The minimum Gasteiger partial charge on any atom is -0.494 e. The highest BCUT2D eigenvalue weighted by Gasteiger charge is 2.38. The van der Waals surface area contributed by atoms with Gasteiger partial charge < -0.3 is 9.30 Å². The Morgan fingerprint density at radius 2 is 1.81 bits per heavy atom. The number of aryl methyl sites for hydroxylation is 1. The molecule has 1 saturated heterocycles. The molecule has 1 aromatic carbocycles. The molecular weight excluding hydrogens is 370 g/mol. The molecule has 2 heterocycles. The van der Waals surface area contributed by atoms with Crippen molar-refractivity contribution in [3.63, 3.8) is 0 Å². The van der Waals surface area contributed by atoms with Gasteiger partial charge in [0.05, 0.1) is 12.6 Å². The van der Waals surface area contributed by atoms with E-state index in [4.69, 9.17) is 4.74 Å². The predicted octanol–water partition coefficient (Wildman–Crippen LogP) is 1.01. The average Bonchev–Trinajstić information content (AvgIpc) is 3.14. The minimum atomic E-state index is -4.04. The Hall–Kier alpha value is -2.39. The van der Waals surface area contributed by atoms with E-state index in [0.717, 1.165) is 26.6 Å². The van der Waals surface area contributed by atoms with E-state index in [-0.39, 0.29) is 10.9 Å². The second-order valence-corrected chi connectivity index (χ2v) is 8.39. The van der Waals surface area contributed by atoms with E-state index in [1.165, 1.54) is 18.4 Å². The van der Waals surface area contributed by atoms with Crippen LogP contribution in [0.3, 0.4) is 0 Å². The number of rotatable bonds is 5. The van der Waals surface area contributed by atoms with E-state index in [1.54, 1.807) is 0 Å². The van der Waals surface area contributed by atoms with Crippen LogP contribution in [-0.4, -0.2) is 35.0 Å². The Labute approximate surface area is 157 Å². The first kappa shape index (κ1) is 19.4. The number of sulfonamides is 1. The second-order valence-electron chi connectivity index (χ2n) is 6.53. The predicted molar refractivity (Wildman–Crippen MR) is 100 cm³/mol. The summed E-state index contributed by atoms with van der Waals surface area (Å²) >= 11 is 0. The Morgan fingerprint density at radius 1 is 1.15 bits per heavy atom. The molecule has 0 amide bonds. The van der Waals surface area contributed by atoms with Crippen LogP contribution >= 0.6 is 0 Å². The third kappa shape index (κ3) is 3.44. The first-order valence-electron chi connectivity index (χ1n) is 8.78. The third-order valence-corrected chi connectivity index (χ3v) is 6.67. The van der Waals surface area contributed by atoms with Crippen molar-refractivity contribution in [2.75, 3.05) is 13.2 Å². The molecule has 1 aliphatic heterocycles. The highest BCUT2D eigenvalue weighted by atomic mass is 32.2. The van der Waals surface area contributed by atoms with Crippen LogP contribution in [0.5, 0.6) is 5.75 Å². The SMILES string of the molecule is CCOc1ccc(C2CCCN2S(=O)(=O)c2cn(C)c(=O)n(C)c2=O)cc1. The van der Waals surface area contributed by atoms with Crippen molar-refractivity contribution in [3.05, 3.63) is 56.9 Å². The van der Waals surface area contributed by atoms with E-state index in [1.807, 2.05) is 31.2 Å². The molecule has 1 atom stereocenters. The largest absolute Gasteiger partial charge is 0.494 e. The van der Waals surface area contributed by atoms with Crippen LogP contribution in [0.2, 0.25) is 0 Å². The van der Waals surface area contributed by atoms with Gasteiger partial charge in [0, 0.05) is 26.8 Å². The van der Waals surface area contributed by atoms with Gasteiger partial charge >= 0.3 is 5.69 Å². The van der Waals surface area contributed by atoms with E-state index in [0.29, 0.717) is 26.0 Å². The Morgan fingerprint density at radius 3 is 2.44 bits per heavy atom. The zero-order chi connectivity index (χ0) is 19.8. The summed E-state index contributed by atoms with van der Waals surface area (Å²) in [5, 5.41) is 0. The highest BCUT2D eigenvalue weighted by molar-refractivity contribution is 7.89. The molecule has 9 heteroatoms. The maximum atomic E-state index is 13.2. The van der Waals surface area contributed by atoms with Crippen molar-refractivity contribution in [3.8, 4) is 5.75 Å². The normalized spacial score (nSPS) is 18.0. The fraction of sp³-hybridized carbons (Fsp3) is 0.444. The topological polar surface area (TPSA) is 90.6 Å². The molecular formula is C18H23N3O5S. The lowest BCUT2D eigenvalue weighted by atomic mass is 10.1. The molecule has 0 spiro atoms. The summed E-state index contributed by atoms with van der Waals surface area (Å²) in [5.41, 5.74) is -0.528. The first-order chi connectivity index (χ1) is 12.8. The van der Waals surface area contributed by atoms with Crippen LogP contribution < -0.4 is 16.0 Å². The fourth-order valence-corrected chi connectivity index (χ4v) is 5.23. The molecule has 27 heavy (non-hydrogen) atoms. The maximum Gasteiger partial charge on any atom is 0.330 e. The summed E-state index contributed by atoms with van der Waals surface area (Å²) in [6.07, 6.45) is 2.47. The van der Waals surface area contributed by atoms with Gasteiger partial charge in [0.25, 0.3) is 15.6 Å². The summed E-state index contributed by atoms with van der Waals surface area (Å²) in [6, 6.07) is 6.97. The molecule has 1 aliphatic rings. The monoisotopic (exact) mass is 393 g/mol. The van der Waals surface area contributed by atoms with Crippen molar-refractivity contribution in [2.24, 2.45) is 14.1 Å². The number of hydrogen-bond acceptors (Lipinski definition) is 5. The molecule has 0 N–H and O–H groups in total. The molecule has 0 aliphatic carbocycles. The van der Waals surface area contributed by atoms with Crippen LogP contribution in [0.25, 0.3) is 0 Å². The molecule has 146 valence electrons. The van der Waals surface area contributed by atoms with Crippen LogP contribution in [0.15, 0.2) is 44.9 Å².